The fraction of sp³-hybridized carbons (Fsp3) is 0.0476. The van der Waals surface area contributed by atoms with Gasteiger partial charge in [0.15, 0.2) is 0 Å². The predicted molar refractivity (Wildman–Crippen MR) is 107 cm³/mol. The lowest BCUT2D eigenvalue weighted by Gasteiger charge is -2.03. The van der Waals surface area contributed by atoms with Crippen molar-refractivity contribution in [1.29, 1.82) is 0 Å². The smallest absolute Gasteiger partial charge is 0.141 e. The summed E-state index contributed by atoms with van der Waals surface area (Å²) in [5, 5.41) is 21.2. The maximum Gasteiger partial charge on any atom is 0.141 e. The number of benzene rings is 3. The number of phenolic OH excluding ortho intramolecular Hbond substituents is 2. The molecule has 4 nitrogen and oxygen atoms in total. The Kier molecular flexibility index (Phi) is 4.14. The van der Waals surface area contributed by atoms with Crippen molar-refractivity contribution in [3.05, 3.63) is 71.8 Å². The van der Waals surface area contributed by atoms with Crippen molar-refractivity contribution < 1.29 is 10.2 Å². The number of para-hydroxylation sites is 2. The lowest BCUT2D eigenvalue weighted by Crippen LogP contribution is -1.85. The van der Waals surface area contributed by atoms with Crippen molar-refractivity contribution >= 4 is 33.5 Å². The molecule has 128 valence electrons. The van der Waals surface area contributed by atoms with E-state index in [9.17, 15) is 10.2 Å². The summed E-state index contributed by atoms with van der Waals surface area (Å²) in [6.45, 7) is 1.83. The molecule has 0 spiro atoms. The van der Waals surface area contributed by atoms with Crippen LogP contribution < -0.4 is 0 Å². The molecular weight excluding hydrogens is 344 g/mol. The van der Waals surface area contributed by atoms with Crippen LogP contribution in [-0.4, -0.2) is 21.4 Å². The fourth-order valence-electron chi connectivity index (χ4n) is 2.69. The molecule has 3 aromatic carbocycles. The van der Waals surface area contributed by atoms with E-state index in [1.54, 1.807) is 35.8 Å². The molecule has 5 heteroatoms. The van der Waals surface area contributed by atoms with Gasteiger partial charge in [0.25, 0.3) is 0 Å². The second kappa shape index (κ2) is 6.61. The van der Waals surface area contributed by atoms with Crippen LogP contribution in [0.2, 0.25) is 0 Å². The highest BCUT2D eigenvalue weighted by Crippen LogP contribution is 2.35. The van der Waals surface area contributed by atoms with Gasteiger partial charge in [-0.2, -0.15) is 0 Å². The Morgan fingerprint density at radius 1 is 1.00 bits per heavy atom. The largest absolute Gasteiger partial charge is 0.507 e. The molecule has 0 atom stereocenters. The van der Waals surface area contributed by atoms with Gasteiger partial charge in [-0.15, -0.1) is 11.3 Å². The van der Waals surface area contributed by atoms with Crippen LogP contribution in [0.4, 0.5) is 5.69 Å². The molecule has 0 aliphatic rings. The molecular formula is C21H16N2O2S. The molecule has 0 amide bonds. The Hall–Kier alpha value is -3.18. The van der Waals surface area contributed by atoms with Crippen LogP contribution in [0, 0.1) is 6.92 Å². The molecule has 26 heavy (non-hydrogen) atoms. The molecule has 0 unspecified atom stereocenters. The summed E-state index contributed by atoms with van der Waals surface area (Å²) in [6.07, 6.45) is 1.55. The zero-order chi connectivity index (χ0) is 18.1. The van der Waals surface area contributed by atoms with Gasteiger partial charge in [-0.25, -0.2) is 4.98 Å². The molecule has 0 aliphatic carbocycles. The summed E-state index contributed by atoms with van der Waals surface area (Å²) in [4.78, 5) is 8.91. The topological polar surface area (TPSA) is 65.7 Å². The SMILES string of the molecule is Cc1cccc(C=Nc2ccc(-c3nc4ccccc4s3)cc2O)c1O. The third-order valence-corrected chi connectivity index (χ3v) is 5.21. The quantitative estimate of drug-likeness (QED) is 0.479. The minimum Gasteiger partial charge on any atom is -0.507 e. The Bertz CT molecular complexity index is 1100. The van der Waals surface area contributed by atoms with Crippen LogP contribution in [-0.2, 0) is 0 Å². The maximum atomic E-state index is 10.3. The normalized spacial score (nSPS) is 11.4. The number of aromatic nitrogens is 1. The zero-order valence-corrected chi connectivity index (χ0v) is 14.9. The number of aliphatic imine (C=N–C) groups is 1. The standard InChI is InChI=1S/C21H16N2O2S/c1-13-5-4-6-15(20(13)25)12-22-16-10-9-14(11-18(16)24)21-23-17-7-2-3-8-19(17)26-21/h2-12,24-25H,1H3. The van der Waals surface area contributed by atoms with Crippen molar-refractivity contribution in [2.75, 3.05) is 0 Å². The van der Waals surface area contributed by atoms with Gasteiger partial charge in [-0.3, -0.25) is 4.99 Å². The van der Waals surface area contributed by atoms with Gasteiger partial charge < -0.3 is 10.2 Å². The molecule has 2 N–H and O–H groups in total. The van der Waals surface area contributed by atoms with Crippen LogP contribution in [0.3, 0.4) is 0 Å². The monoisotopic (exact) mass is 360 g/mol. The molecule has 4 aromatic rings. The van der Waals surface area contributed by atoms with E-state index in [4.69, 9.17) is 0 Å². The van der Waals surface area contributed by atoms with Crippen LogP contribution in [0.5, 0.6) is 11.5 Å². The van der Waals surface area contributed by atoms with Crippen LogP contribution >= 0.6 is 11.3 Å². The van der Waals surface area contributed by atoms with Crippen LogP contribution in [0.25, 0.3) is 20.8 Å². The first kappa shape index (κ1) is 16.3. The average Bonchev–Trinajstić information content (AvgIpc) is 3.08. The van der Waals surface area contributed by atoms with Gasteiger partial charge in [-0.05, 0) is 48.9 Å². The summed E-state index contributed by atoms with van der Waals surface area (Å²) in [5.74, 6) is 0.270. The van der Waals surface area contributed by atoms with Gasteiger partial charge in [0.2, 0.25) is 0 Å². The highest BCUT2D eigenvalue weighted by molar-refractivity contribution is 7.21. The van der Waals surface area contributed by atoms with Gasteiger partial charge in [0, 0.05) is 17.3 Å². The molecule has 0 bridgehead atoms. The Balaban J connectivity index is 1.65. The van der Waals surface area contributed by atoms with Crippen molar-refractivity contribution in [2.24, 2.45) is 4.99 Å². The Morgan fingerprint density at radius 3 is 2.65 bits per heavy atom. The van der Waals surface area contributed by atoms with Crippen LogP contribution in [0.15, 0.2) is 65.7 Å². The maximum absolute atomic E-state index is 10.3. The molecule has 1 aromatic heterocycles. The van der Waals surface area contributed by atoms with Crippen molar-refractivity contribution in [1.82, 2.24) is 4.98 Å². The fourth-order valence-corrected chi connectivity index (χ4v) is 3.65. The molecule has 0 radical (unpaired) electrons. The third-order valence-electron chi connectivity index (χ3n) is 4.13. The Morgan fingerprint density at radius 2 is 1.85 bits per heavy atom. The van der Waals surface area contributed by atoms with Gasteiger partial charge >= 0.3 is 0 Å². The average molecular weight is 360 g/mol. The number of fused-ring (bicyclic) bond motifs is 1. The number of aromatic hydroxyl groups is 2. The summed E-state index contributed by atoms with van der Waals surface area (Å²) in [7, 11) is 0. The number of phenols is 2. The number of rotatable bonds is 3. The van der Waals surface area contributed by atoms with Gasteiger partial charge in [0.05, 0.1) is 10.2 Å². The lowest BCUT2D eigenvalue weighted by molar-refractivity contribution is 0.470. The van der Waals surface area contributed by atoms with E-state index in [0.29, 0.717) is 11.3 Å². The Labute approximate surface area is 154 Å². The van der Waals surface area contributed by atoms with Crippen molar-refractivity contribution in [2.45, 2.75) is 6.92 Å². The number of aryl methyl sites for hydroxylation is 1. The molecule has 1 heterocycles. The highest BCUT2D eigenvalue weighted by atomic mass is 32.1. The zero-order valence-electron chi connectivity index (χ0n) is 14.0. The predicted octanol–water partition coefficient (Wildman–Crippen LogP) is 5.43. The first-order chi connectivity index (χ1) is 12.6. The van der Waals surface area contributed by atoms with Gasteiger partial charge in [-0.1, -0.05) is 24.3 Å². The molecule has 0 saturated heterocycles. The van der Waals surface area contributed by atoms with Gasteiger partial charge in [0.1, 0.15) is 22.2 Å². The third kappa shape index (κ3) is 3.05. The summed E-state index contributed by atoms with van der Waals surface area (Å²) in [5.41, 5.74) is 3.63. The molecule has 0 saturated carbocycles. The van der Waals surface area contributed by atoms with E-state index < -0.39 is 0 Å². The van der Waals surface area contributed by atoms with E-state index in [0.717, 1.165) is 26.4 Å². The second-order valence-corrected chi connectivity index (χ2v) is 6.99. The number of nitrogens with zero attached hydrogens (tertiary/aromatic N) is 2. The molecule has 0 aliphatic heterocycles. The minimum atomic E-state index is 0.0742. The second-order valence-electron chi connectivity index (χ2n) is 5.96. The first-order valence-electron chi connectivity index (χ1n) is 8.13. The molecule has 4 rings (SSSR count). The van der Waals surface area contributed by atoms with E-state index in [-0.39, 0.29) is 11.5 Å². The number of thiazole rings is 1. The summed E-state index contributed by atoms with van der Waals surface area (Å²) in [6, 6.07) is 18.7. The highest BCUT2D eigenvalue weighted by Gasteiger charge is 2.09. The van der Waals surface area contributed by atoms with Crippen molar-refractivity contribution in [3.8, 4) is 22.1 Å². The lowest BCUT2D eigenvalue weighted by atomic mass is 10.1. The summed E-state index contributed by atoms with van der Waals surface area (Å²) < 4.78 is 1.11. The number of hydrogen-bond acceptors (Lipinski definition) is 5. The van der Waals surface area contributed by atoms with E-state index in [1.165, 1.54) is 0 Å². The van der Waals surface area contributed by atoms with E-state index >= 15 is 0 Å². The summed E-state index contributed by atoms with van der Waals surface area (Å²) >= 11 is 1.59. The number of hydrogen-bond donors (Lipinski definition) is 2. The van der Waals surface area contributed by atoms with Crippen LogP contribution in [0.1, 0.15) is 11.1 Å². The minimum absolute atomic E-state index is 0.0742. The van der Waals surface area contributed by atoms with Crippen molar-refractivity contribution in [3.63, 3.8) is 0 Å². The molecule has 0 fully saturated rings. The van der Waals surface area contributed by atoms with E-state index in [1.807, 2.05) is 49.4 Å². The van der Waals surface area contributed by atoms with E-state index in [2.05, 4.69) is 9.98 Å². The first-order valence-corrected chi connectivity index (χ1v) is 8.95.